The largest absolute Gasteiger partial charge is 0.326 e. The molecule has 1 amide bonds. The number of halogens is 1. The monoisotopic (exact) mass is 287 g/mol. The molecule has 0 saturated heterocycles. The lowest BCUT2D eigenvalue weighted by Gasteiger charge is -2.06. The Labute approximate surface area is 91.2 Å². The maximum atomic E-state index is 10.8. The average Bonchev–Trinajstić information content (AvgIpc) is 2.03. The van der Waals surface area contributed by atoms with Crippen LogP contribution in [0.4, 0.5) is 5.69 Å². The normalized spacial score (nSPS) is 9.38. The molecule has 1 N–H and O–H groups in total. The minimum atomic E-state index is -0.0647. The second-order valence-electron chi connectivity index (χ2n) is 2.62. The van der Waals surface area contributed by atoms with Crippen LogP contribution in [0.2, 0.25) is 0 Å². The molecule has 3 heteroatoms. The van der Waals surface area contributed by atoms with Crippen LogP contribution in [0.1, 0.15) is 12.5 Å². The van der Waals surface area contributed by atoms with E-state index in [1.807, 2.05) is 18.2 Å². The summed E-state index contributed by atoms with van der Waals surface area (Å²) in [4.78, 5) is 10.8. The molecule has 0 aliphatic heterocycles. The van der Waals surface area contributed by atoms with Crippen molar-refractivity contribution >= 4 is 40.3 Å². The van der Waals surface area contributed by atoms with Crippen molar-refractivity contribution in [3.63, 3.8) is 0 Å². The summed E-state index contributed by atoms with van der Waals surface area (Å²) < 4.78 is 1.09. The van der Waals surface area contributed by atoms with E-state index in [0.717, 1.165) is 14.8 Å². The van der Waals surface area contributed by atoms with Gasteiger partial charge in [0.2, 0.25) is 5.91 Å². The van der Waals surface area contributed by atoms with Gasteiger partial charge in [0.05, 0.1) is 0 Å². The van der Waals surface area contributed by atoms with E-state index in [9.17, 15) is 4.79 Å². The first-order valence-corrected chi connectivity index (χ1v) is 4.91. The van der Waals surface area contributed by atoms with E-state index >= 15 is 0 Å². The van der Waals surface area contributed by atoms with E-state index < -0.39 is 0 Å². The van der Waals surface area contributed by atoms with E-state index in [4.69, 9.17) is 0 Å². The van der Waals surface area contributed by atoms with Crippen LogP contribution in [0.5, 0.6) is 0 Å². The third kappa shape index (κ3) is 2.84. The van der Waals surface area contributed by atoms with Gasteiger partial charge in [0.1, 0.15) is 0 Å². The predicted octanol–water partition coefficient (Wildman–Crippen LogP) is 2.89. The van der Waals surface area contributed by atoms with Gasteiger partial charge in [0.25, 0.3) is 0 Å². The van der Waals surface area contributed by atoms with Gasteiger partial charge in [-0.3, -0.25) is 4.79 Å². The zero-order valence-corrected chi connectivity index (χ0v) is 9.46. The first kappa shape index (κ1) is 10.2. The smallest absolute Gasteiger partial charge is 0.221 e. The van der Waals surface area contributed by atoms with Crippen LogP contribution in [0.25, 0.3) is 6.08 Å². The second-order valence-corrected chi connectivity index (χ2v) is 3.86. The average molecular weight is 287 g/mol. The minimum absolute atomic E-state index is 0.0647. The Morgan fingerprint density at radius 1 is 1.62 bits per heavy atom. The van der Waals surface area contributed by atoms with Crippen LogP contribution >= 0.6 is 22.6 Å². The van der Waals surface area contributed by atoms with Crippen molar-refractivity contribution in [3.05, 3.63) is 33.9 Å². The Bertz CT molecular complexity index is 347. The van der Waals surface area contributed by atoms with Gasteiger partial charge in [-0.05, 0) is 40.3 Å². The lowest BCUT2D eigenvalue weighted by Crippen LogP contribution is -2.07. The molecule has 0 aliphatic carbocycles. The van der Waals surface area contributed by atoms with Crippen LogP contribution in [0.15, 0.2) is 24.8 Å². The number of amides is 1. The Kier molecular flexibility index (Phi) is 3.48. The fraction of sp³-hybridized carbons (Fsp3) is 0.100. The molecule has 13 heavy (non-hydrogen) atoms. The fourth-order valence-corrected chi connectivity index (χ4v) is 1.50. The lowest BCUT2D eigenvalue weighted by atomic mass is 10.2. The first-order valence-electron chi connectivity index (χ1n) is 3.83. The molecule has 0 aromatic heterocycles. The van der Waals surface area contributed by atoms with Crippen molar-refractivity contribution < 1.29 is 4.79 Å². The van der Waals surface area contributed by atoms with Crippen LogP contribution in [-0.2, 0) is 4.79 Å². The summed E-state index contributed by atoms with van der Waals surface area (Å²) in [5.41, 5.74) is 1.75. The topological polar surface area (TPSA) is 29.1 Å². The van der Waals surface area contributed by atoms with Gasteiger partial charge in [-0.25, -0.2) is 0 Å². The standard InChI is InChI=1S/C10H10INO/c1-3-8-4-5-9(11)6-10(8)12-7(2)13/h3-6H,1H2,2H3,(H,12,13). The number of benzene rings is 1. The Balaban J connectivity index is 3.07. The van der Waals surface area contributed by atoms with Crippen molar-refractivity contribution in [1.29, 1.82) is 0 Å². The van der Waals surface area contributed by atoms with E-state index in [2.05, 4.69) is 34.5 Å². The highest BCUT2D eigenvalue weighted by molar-refractivity contribution is 14.1. The molecule has 0 saturated carbocycles. The summed E-state index contributed by atoms with van der Waals surface area (Å²) in [5.74, 6) is -0.0647. The Hall–Kier alpha value is -0.840. The van der Waals surface area contributed by atoms with Crippen LogP contribution in [-0.4, -0.2) is 5.91 Å². The van der Waals surface area contributed by atoms with Crippen LogP contribution < -0.4 is 5.32 Å². The predicted molar refractivity (Wildman–Crippen MR) is 63.6 cm³/mol. The molecule has 0 radical (unpaired) electrons. The number of hydrogen-bond acceptors (Lipinski definition) is 1. The quantitative estimate of drug-likeness (QED) is 0.833. The maximum absolute atomic E-state index is 10.8. The van der Waals surface area contributed by atoms with Crippen molar-refractivity contribution in [3.8, 4) is 0 Å². The van der Waals surface area contributed by atoms with Crippen LogP contribution in [0.3, 0.4) is 0 Å². The fourth-order valence-electron chi connectivity index (χ4n) is 1.00. The van der Waals surface area contributed by atoms with Crippen molar-refractivity contribution in [1.82, 2.24) is 0 Å². The van der Waals surface area contributed by atoms with Crippen molar-refractivity contribution in [2.24, 2.45) is 0 Å². The highest BCUT2D eigenvalue weighted by atomic mass is 127. The summed E-state index contributed by atoms with van der Waals surface area (Å²) in [6.07, 6.45) is 1.72. The first-order chi connectivity index (χ1) is 6.13. The summed E-state index contributed by atoms with van der Waals surface area (Å²) in [6, 6.07) is 5.82. The third-order valence-corrected chi connectivity index (χ3v) is 2.22. The highest BCUT2D eigenvalue weighted by Gasteiger charge is 2.01. The van der Waals surface area contributed by atoms with Crippen molar-refractivity contribution in [2.45, 2.75) is 6.92 Å². The van der Waals surface area contributed by atoms with Gasteiger partial charge in [-0.1, -0.05) is 18.7 Å². The number of carbonyl (C=O) groups excluding carboxylic acids is 1. The molecule has 0 unspecified atom stereocenters. The molecule has 68 valence electrons. The van der Waals surface area contributed by atoms with Gasteiger partial charge in [-0.15, -0.1) is 0 Å². The van der Waals surface area contributed by atoms with Crippen LogP contribution in [0, 0.1) is 3.57 Å². The number of anilines is 1. The molecule has 0 atom stereocenters. The highest BCUT2D eigenvalue weighted by Crippen LogP contribution is 2.19. The molecule has 2 nitrogen and oxygen atoms in total. The molecular weight excluding hydrogens is 277 g/mol. The Morgan fingerprint density at radius 2 is 2.31 bits per heavy atom. The van der Waals surface area contributed by atoms with E-state index in [0.29, 0.717) is 0 Å². The minimum Gasteiger partial charge on any atom is -0.326 e. The van der Waals surface area contributed by atoms with E-state index in [-0.39, 0.29) is 5.91 Å². The zero-order chi connectivity index (χ0) is 9.84. The van der Waals surface area contributed by atoms with Crippen molar-refractivity contribution in [2.75, 3.05) is 5.32 Å². The summed E-state index contributed by atoms with van der Waals surface area (Å²) in [5, 5.41) is 2.75. The zero-order valence-electron chi connectivity index (χ0n) is 7.30. The summed E-state index contributed by atoms with van der Waals surface area (Å²) in [6.45, 7) is 5.17. The van der Waals surface area contributed by atoms with E-state index in [1.54, 1.807) is 6.08 Å². The number of carbonyl (C=O) groups is 1. The van der Waals surface area contributed by atoms with E-state index in [1.165, 1.54) is 6.92 Å². The van der Waals surface area contributed by atoms with Gasteiger partial charge in [-0.2, -0.15) is 0 Å². The Morgan fingerprint density at radius 3 is 2.85 bits per heavy atom. The number of rotatable bonds is 2. The molecule has 1 rings (SSSR count). The SMILES string of the molecule is C=Cc1ccc(I)cc1NC(C)=O. The third-order valence-electron chi connectivity index (χ3n) is 1.55. The van der Waals surface area contributed by atoms with Gasteiger partial charge < -0.3 is 5.32 Å². The van der Waals surface area contributed by atoms with Gasteiger partial charge >= 0.3 is 0 Å². The molecule has 1 aromatic carbocycles. The lowest BCUT2D eigenvalue weighted by molar-refractivity contribution is -0.114. The molecule has 0 bridgehead atoms. The maximum Gasteiger partial charge on any atom is 0.221 e. The molecule has 0 aliphatic rings. The second kappa shape index (κ2) is 4.41. The molecule has 0 spiro atoms. The van der Waals surface area contributed by atoms with Gasteiger partial charge in [0, 0.05) is 16.2 Å². The summed E-state index contributed by atoms with van der Waals surface area (Å²) in [7, 11) is 0. The van der Waals surface area contributed by atoms with Gasteiger partial charge in [0.15, 0.2) is 0 Å². The molecular formula is C10H10INO. The molecule has 0 fully saturated rings. The molecule has 1 aromatic rings. The summed E-state index contributed by atoms with van der Waals surface area (Å²) >= 11 is 2.20. The number of hydrogen-bond donors (Lipinski definition) is 1. The molecule has 0 heterocycles. The number of nitrogens with one attached hydrogen (secondary N) is 1.